The zero-order valence-corrected chi connectivity index (χ0v) is 23.6. The maximum Gasteiger partial charge on any atom is 0.391 e. The van der Waals surface area contributed by atoms with Crippen LogP contribution in [-0.4, -0.2) is 108 Å². The molecule has 2 aliphatic carbocycles. The molecular weight excluding hydrogens is 540 g/mol. The van der Waals surface area contributed by atoms with E-state index in [-0.39, 0.29) is 62.9 Å². The Bertz CT molecular complexity index is 741. The van der Waals surface area contributed by atoms with E-state index in [4.69, 9.17) is 0 Å². The number of carbonyl (C=O) groups excluding carboxylic acids is 1. The monoisotopic (exact) mass is 587 g/mol. The summed E-state index contributed by atoms with van der Waals surface area (Å²) in [6.45, 7) is 2.46. The SMILES string of the molecule is CN(CCC1CC(C(F)(F)F)CC(C(F)(F)F)C1)C(=O)C(C1CCCCC1)N1CCC(N(CCO)CCO)CC1. The first-order valence-electron chi connectivity index (χ1n) is 14.9. The summed E-state index contributed by atoms with van der Waals surface area (Å²) < 4.78 is 80.5. The van der Waals surface area contributed by atoms with E-state index in [9.17, 15) is 41.4 Å². The summed E-state index contributed by atoms with van der Waals surface area (Å²) in [7, 11) is 1.63. The van der Waals surface area contributed by atoms with Gasteiger partial charge < -0.3 is 15.1 Å². The molecule has 1 heterocycles. The highest BCUT2D eigenvalue weighted by Crippen LogP contribution is 2.48. The first kappa shape index (κ1) is 33.4. The number of hydrogen-bond acceptors (Lipinski definition) is 5. The summed E-state index contributed by atoms with van der Waals surface area (Å²) in [5.74, 6) is -4.60. The minimum absolute atomic E-state index is 0.00260. The van der Waals surface area contributed by atoms with Gasteiger partial charge in [0.2, 0.25) is 5.91 Å². The lowest BCUT2D eigenvalue weighted by atomic mass is 9.73. The average Bonchev–Trinajstić information content (AvgIpc) is 2.91. The highest BCUT2D eigenvalue weighted by molar-refractivity contribution is 5.82. The Kier molecular flexibility index (Phi) is 12.4. The third-order valence-electron chi connectivity index (χ3n) is 9.51. The van der Waals surface area contributed by atoms with Crippen molar-refractivity contribution in [1.82, 2.24) is 14.7 Å². The van der Waals surface area contributed by atoms with Crippen LogP contribution in [0.4, 0.5) is 26.3 Å². The van der Waals surface area contributed by atoms with Crippen LogP contribution in [0.1, 0.15) is 70.6 Å². The van der Waals surface area contributed by atoms with Crippen LogP contribution in [0.25, 0.3) is 0 Å². The Morgan fingerprint density at radius 1 is 0.825 bits per heavy atom. The van der Waals surface area contributed by atoms with Crippen molar-refractivity contribution in [3.63, 3.8) is 0 Å². The van der Waals surface area contributed by atoms with Gasteiger partial charge >= 0.3 is 12.4 Å². The molecule has 2 N–H and O–H groups in total. The highest BCUT2D eigenvalue weighted by atomic mass is 19.4. The van der Waals surface area contributed by atoms with E-state index in [1.165, 1.54) is 4.90 Å². The number of amides is 1. The summed E-state index contributed by atoms with van der Waals surface area (Å²) in [6.07, 6.45) is -4.13. The topological polar surface area (TPSA) is 67.3 Å². The minimum atomic E-state index is -4.66. The lowest BCUT2D eigenvalue weighted by Gasteiger charge is -2.44. The van der Waals surface area contributed by atoms with Crippen molar-refractivity contribution in [3.05, 3.63) is 0 Å². The van der Waals surface area contributed by atoms with Gasteiger partial charge in [-0.1, -0.05) is 19.3 Å². The molecule has 0 aromatic heterocycles. The van der Waals surface area contributed by atoms with E-state index in [2.05, 4.69) is 9.80 Å². The van der Waals surface area contributed by atoms with E-state index in [0.29, 0.717) is 26.2 Å². The van der Waals surface area contributed by atoms with Gasteiger partial charge in [-0.15, -0.1) is 0 Å². The molecule has 0 radical (unpaired) electrons. The Labute approximate surface area is 234 Å². The molecule has 0 aromatic carbocycles. The summed E-state index contributed by atoms with van der Waals surface area (Å²) in [5, 5.41) is 18.8. The van der Waals surface area contributed by atoms with Gasteiger partial charge in [0.1, 0.15) is 0 Å². The number of halogens is 6. The van der Waals surface area contributed by atoms with Crippen molar-refractivity contribution in [1.29, 1.82) is 0 Å². The fourth-order valence-electron chi connectivity index (χ4n) is 7.29. The molecule has 1 aliphatic heterocycles. The smallest absolute Gasteiger partial charge is 0.391 e. The lowest BCUT2D eigenvalue weighted by molar-refractivity contribution is -0.229. The van der Waals surface area contributed by atoms with Crippen molar-refractivity contribution < 1.29 is 41.4 Å². The predicted molar refractivity (Wildman–Crippen MR) is 139 cm³/mol. The Balaban J connectivity index is 1.65. The number of aliphatic hydroxyl groups is 2. The Hall–Kier alpha value is -1.11. The van der Waals surface area contributed by atoms with E-state index < -0.39 is 36.5 Å². The maximum absolute atomic E-state index is 13.8. The van der Waals surface area contributed by atoms with E-state index in [1.54, 1.807) is 7.05 Å². The van der Waals surface area contributed by atoms with Crippen molar-refractivity contribution >= 4 is 5.91 Å². The molecule has 6 nitrogen and oxygen atoms in total. The quantitative estimate of drug-likeness (QED) is 0.344. The van der Waals surface area contributed by atoms with Gasteiger partial charge in [0, 0.05) is 45.8 Å². The molecule has 3 unspecified atom stereocenters. The molecule has 234 valence electrons. The number of nitrogens with zero attached hydrogens (tertiary/aromatic N) is 3. The molecule has 0 spiro atoms. The van der Waals surface area contributed by atoms with Crippen molar-refractivity contribution in [3.8, 4) is 0 Å². The number of carbonyl (C=O) groups is 1. The zero-order valence-electron chi connectivity index (χ0n) is 23.6. The van der Waals surface area contributed by atoms with Crippen LogP contribution >= 0.6 is 0 Å². The fourth-order valence-corrected chi connectivity index (χ4v) is 7.29. The largest absolute Gasteiger partial charge is 0.395 e. The molecule has 3 fully saturated rings. The van der Waals surface area contributed by atoms with Gasteiger partial charge in [-0.25, -0.2) is 0 Å². The molecule has 12 heteroatoms. The molecule has 3 aliphatic rings. The minimum Gasteiger partial charge on any atom is -0.395 e. The van der Waals surface area contributed by atoms with Crippen LogP contribution in [0.15, 0.2) is 0 Å². The Morgan fingerprint density at radius 2 is 1.35 bits per heavy atom. The van der Waals surface area contributed by atoms with Crippen LogP contribution in [0, 0.1) is 23.7 Å². The van der Waals surface area contributed by atoms with Gasteiger partial charge in [0.15, 0.2) is 0 Å². The van der Waals surface area contributed by atoms with Crippen LogP contribution in [0.5, 0.6) is 0 Å². The number of likely N-dealkylation sites (tertiary alicyclic amines) is 1. The van der Waals surface area contributed by atoms with Crippen LogP contribution in [0.3, 0.4) is 0 Å². The number of hydrogen-bond donors (Lipinski definition) is 2. The summed E-state index contributed by atoms with van der Waals surface area (Å²) >= 11 is 0. The number of likely N-dealkylation sites (N-methyl/N-ethyl adjacent to an activating group) is 1. The number of rotatable bonds is 11. The predicted octanol–water partition coefficient (Wildman–Crippen LogP) is 4.69. The van der Waals surface area contributed by atoms with Gasteiger partial charge in [-0.05, 0) is 63.2 Å². The van der Waals surface area contributed by atoms with Gasteiger partial charge in [-0.2, -0.15) is 26.3 Å². The molecule has 3 atom stereocenters. The second kappa shape index (κ2) is 14.9. The van der Waals surface area contributed by atoms with Crippen LogP contribution in [0.2, 0.25) is 0 Å². The Morgan fingerprint density at radius 3 is 1.82 bits per heavy atom. The maximum atomic E-state index is 13.8. The summed E-state index contributed by atoms with van der Waals surface area (Å²) in [5.41, 5.74) is 0. The normalized spacial score (nSPS) is 27.2. The molecule has 0 bridgehead atoms. The molecule has 1 amide bonds. The third-order valence-corrected chi connectivity index (χ3v) is 9.51. The molecule has 3 rings (SSSR count). The van der Waals surface area contributed by atoms with Gasteiger partial charge in [-0.3, -0.25) is 14.6 Å². The van der Waals surface area contributed by atoms with E-state index in [0.717, 1.165) is 44.9 Å². The highest BCUT2D eigenvalue weighted by Gasteiger charge is 2.51. The zero-order chi connectivity index (χ0) is 29.5. The standard InChI is InChI=1S/C28H47F6N3O3/c1-35(10-7-20-17-22(27(29,30)31)19-23(18-20)28(32,33)34)26(40)25(21-5-3-2-4-6-21)37-11-8-24(9-12-37)36(13-15-38)14-16-39/h20-25,38-39H,2-19H2,1H3. The average molecular weight is 588 g/mol. The number of alkyl halides is 6. The summed E-state index contributed by atoms with van der Waals surface area (Å²) in [4.78, 5) is 19.7. The number of piperidine rings is 1. The molecule has 0 aromatic rings. The molecule has 40 heavy (non-hydrogen) atoms. The third kappa shape index (κ3) is 9.19. The fraction of sp³-hybridized carbons (Fsp3) is 0.964. The second-order valence-corrected chi connectivity index (χ2v) is 12.2. The summed E-state index contributed by atoms with van der Waals surface area (Å²) in [6, 6.07) is -0.155. The molecule has 1 saturated heterocycles. The second-order valence-electron chi connectivity index (χ2n) is 12.2. The van der Waals surface area contributed by atoms with Gasteiger partial charge in [0.05, 0.1) is 31.1 Å². The first-order valence-corrected chi connectivity index (χ1v) is 14.9. The van der Waals surface area contributed by atoms with Crippen molar-refractivity contribution in [2.24, 2.45) is 23.7 Å². The van der Waals surface area contributed by atoms with Crippen molar-refractivity contribution in [2.75, 3.05) is 53.0 Å². The molecule has 2 saturated carbocycles. The van der Waals surface area contributed by atoms with Crippen LogP contribution in [-0.2, 0) is 4.79 Å². The van der Waals surface area contributed by atoms with Gasteiger partial charge in [0.25, 0.3) is 0 Å². The van der Waals surface area contributed by atoms with E-state index >= 15 is 0 Å². The number of aliphatic hydroxyl groups excluding tert-OH is 2. The van der Waals surface area contributed by atoms with E-state index in [1.807, 2.05) is 0 Å². The molecular formula is C28H47F6N3O3. The first-order chi connectivity index (χ1) is 18.8. The van der Waals surface area contributed by atoms with Crippen LogP contribution < -0.4 is 0 Å². The van der Waals surface area contributed by atoms with Crippen molar-refractivity contribution in [2.45, 2.75) is 95.1 Å². The lowest BCUT2D eigenvalue weighted by Crippen LogP contribution is -2.56.